The number of nitrogens with one attached hydrogen (secondary N) is 1. The molecule has 0 spiro atoms. The maximum atomic E-state index is 13.1. The van der Waals surface area contributed by atoms with Crippen LogP contribution in [0.5, 0.6) is 11.5 Å². The van der Waals surface area contributed by atoms with Gasteiger partial charge in [0.2, 0.25) is 5.91 Å². The highest BCUT2D eigenvalue weighted by atomic mass is 16.5. The molecule has 0 radical (unpaired) electrons. The zero-order valence-corrected chi connectivity index (χ0v) is 21.8. The molecule has 1 amide bonds. The number of nitrogens with zero attached hydrogens (tertiary/aromatic N) is 4. The lowest BCUT2D eigenvalue weighted by molar-refractivity contribution is -0.125. The van der Waals surface area contributed by atoms with Crippen LogP contribution in [0, 0.1) is 19.8 Å². The summed E-state index contributed by atoms with van der Waals surface area (Å²) < 4.78 is 12.6. The van der Waals surface area contributed by atoms with Gasteiger partial charge in [0.1, 0.15) is 5.52 Å². The van der Waals surface area contributed by atoms with Crippen molar-refractivity contribution in [3.8, 4) is 22.8 Å². The molecule has 1 saturated heterocycles. The molecule has 1 unspecified atom stereocenters. The molecular weight excluding hydrogens is 466 g/mol. The summed E-state index contributed by atoms with van der Waals surface area (Å²) >= 11 is 0. The predicted octanol–water partition coefficient (Wildman–Crippen LogP) is 4.56. The molecule has 1 fully saturated rings. The van der Waals surface area contributed by atoms with Crippen LogP contribution < -0.4 is 19.7 Å². The van der Waals surface area contributed by atoms with Gasteiger partial charge in [-0.15, -0.1) is 0 Å². The van der Waals surface area contributed by atoms with Crippen molar-refractivity contribution in [2.24, 2.45) is 5.92 Å². The van der Waals surface area contributed by atoms with E-state index >= 15 is 0 Å². The minimum Gasteiger partial charge on any atom is -0.493 e. The van der Waals surface area contributed by atoms with E-state index in [2.05, 4.69) is 48.3 Å². The third kappa shape index (κ3) is 5.09. The summed E-state index contributed by atoms with van der Waals surface area (Å²) in [5, 5.41) is 7.91. The summed E-state index contributed by atoms with van der Waals surface area (Å²) in [7, 11) is 3.22. The van der Waals surface area contributed by atoms with E-state index in [0.717, 1.165) is 47.5 Å². The van der Waals surface area contributed by atoms with Gasteiger partial charge in [0.15, 0.2) is 17.3 Å². The minimum atomic E-state index is -0.113. The molecule has 192 valence electrons. The molecule has 1 atom stereocenters. The molecule has 0 bridgehead atoms. The number of carbonyl (C=O) groups excluding carboxylic acids is 1. The molecule has 8 heteroatoms. The second-order valence-electron chi connectivity index (χ2n) is 9.60. The van der Waals surface area contributed by atoms with Crippen molar-refractivity contribution < 1.29 is 14.3 Å². The molecule has 8 nitrogen and oxygen atoms in total. The van der Waals surface area contributed by atoms with Gasteiger partial charge < -0.3 is 19.7 Å². The number of methoxy groups -OCH3 is 2. The molecule has 3 heterocycles. The Hall–Kier alpha value is -4.07. The lowest BCUT2D eigenvalue weighted by atomic mass is 9.97. The summed E-state index contributed by atoms with van der Waals surface area (Å²) in [6, 6.07) is 14.2. The third-order valence-corrected chi connectivity index (χ3v) is 7.18. The van der Waals surface area contributed by atoms with Gasteiger partial charge >= 0.3 is 0 Å². The molecule has 37 heavy (non-hydrogen) atoms. The van der Waals surface area contributed by atoms with Gasteiger partial charge in [-0.25, -0.2) is 9.50 Å². The Labute approximate surface area is 217 Å². The average Bonchev–Trinajstić information content (AvgIpc) is 3.37. The molecule has 4 aromatic rings. The van der Waals surface area contributed by atoms with E-state index in [1.807, 2.05) is 28.9 Å². The highest BCUT2D eigenvalue weighted by Gasteiger charge is 2.28. The van der Waals surface area contributed by atoms with Crippen molar-refractivity contribution in [3.63, 3.8) is 0 Å². The van der Waals surface area contributed by atoms with E-state index in [-0.39, 0.29) is 11.8 Å². The second-order valence-corrected chi connectivity index (χ2v) is 9.60. The molecule has 1 N–H and O–H groups in total. The highest BCUT2D eigenvalue weighted by molar-refractivity contribution is 5.81. The van der Waals surface area contributed by atoms with Gasteiger partial charge in [0.25, 0.3) is 0 Å². The first kappa shape index (κ1) is 24.6. The van der Waals surface area contributed by atoms with E-state index in [1.54, 1.807) is 20.4 Å². The summed E-state index contributed by atoms with van der Waals surface area (Å²) in [6.45, 7) is 6.14. The number of ether oxygens (including phenoxy) is 2. The third-order valence-electron chi connectivity index (χ3n) is 7.18. The van der Waals surface area contributed by atoms with Gasteiger partial charge in [-0.2, -0.15) is 5.10 Å². The summed E-state index contributed by atoms with van der Waals surface area (Å²) in [6.07, 6.45) is 5.43. The summed E-state index contributed by atoms with van der Waals surface area (Å²) in [4.78, 5) is 20.0. The Kier molecular flexibility index (Phi) is 6.99. The van der Waals surface area contributed by atoms with Crippen LogP contribution in [0.15, 0.2) is 54.9 Å². The van der Waals surface area contributed by atoms with Crippen LogP contribution in [-0.2, 0) is 11.3 Å². The lowest BCUT2D eigenvalue weighted by Gasteiger charge is -2.33. The summed E-state index contributed by atoms with van der Waals surface area (Å²) in [5.74, 6) is 2.12. The van der Waals surface area contributed by atoms with Crippen molar-refractivity contribution in [3.05, 3.63) is 71.5 Å². The van der Waals surface area contributed by atoms with Gasteiger partial charge in [0.05, 0.1) is 25.8 Å². The number of rotatable bonds is 7. The molecule has 5 rings (SSSR count). The molecule has 1 aliphatic rings. The Balaban J connectivity index is 1.31. The maximum absolute atomic E-state index is 13.1. The largest absolute Gasteiger partial charge is 0.493 e. The number of piperidine rings is 1. The van der Waals surface area contributed by atoms with E-state index in [1.165, 1.54) is 11.1 Å². The lowest BCUT2D eigenvalue weighted by Crippen LogP contribution is -2.43. The second kappa shape index (κ2) is 10.5. The Bertz CT molecular complexity index is 1430. The number of fused-ring (bicyclic) bond motifs is 1. The molecular formula is C29H33N5O3. The molecule has 0 saturated carbocycles. The fraction of sp³-hybridized carbons (Fsp3) is 0.345. The van der Waals surface area contributed by atoms with Crippen LogP contribution in [0.1, 0.15) is 29.5 Å². The maximum Gasteiger partial charge on any atom is 0.225 e. The van der Waals surface area contributed by atoms with Crippen LogP contribution in [0.4, 0.5) is 5.82 Å². The molecule has 2 aromatic carbocycles. The fourth-order valence-corrected chi connectivity index (χ4v) is 4.90. The SMILES string of the molecule is COc1ccc(CNC(=O)C2CCCN(c3nccn4nc(-c5ccc(C)c(C)c5)cc34)C2)cc1OC. The Morgan fingerprint density at radius 3 is 2.68 bits per heavy atom. The van der Waals surface area contributed by atoms with Gasteiger partial charge in [-0.1, -0.05) is 18.2 Å². The molecule has 2 aromatic heterocycles. The Morgan fingerprint density at radius 2 is 1.89 bits per heavy atom. The first-order chi connectivity index (χ1) is 18.0. The quantitative estimate of drug-likeness (QED) is 0.401. The Morgan fingerprint density at radius 1 is 1.05 bits per heavy atom. The van der Waals surface area contributed by atoms with Crippen LogP contribution in [-0.4, -0.2) is 47.8 Å². The average molecular weight is 500 g/mol. The number of hydrogen-bond donors (Lipinski definition) is 1. The number of aryl methyl sites for hydroxylation is 2. The first-order valence-corrected chi connectivity index (χ1v) is 12.6. The number of aromatic nitrogens is 3. The van der Waals surface area contributed by atoms with Crippen LogP contribution >= 0.6 is 0 Å². The van der Waals surface area contributed by atoms with Crippen LogP contribution in [0.25, 0.3) is 16.8 Å². The predicted molar refractivity (Wildman–Crippen MR) is 144 cm³/mol. The number of anilines is 1. The molecule has 1 aliphatic heterocycles. The smallest absolute Gasteiger partial charge is 0.225 e. The number of carbonyl (C=O) groups is 1. The number of benzene rings is 2. The fourth-order valence-electron chi connectivity index (χ4n) is 4.90. The van der Waals surface area contributed by atoms with E-state index < -0.39 is 0 Å². The van der Waals surface area contributed by atoms with E-state index in [9.17, 15) is 4.79 Å². The van der Waals surface area contributed by atoms with Gasteiger partial charge in [-0.3, -0.25) is 4.79 Å². The zero-order valence-electron chi connectivity index (χ0n) is 21.8. The monoisotopic (exact) mass is 499 g/mol. The van der Waals surface area contributed by atoms with Crippen molar-refractivity contribution in [1.29, 1.82) is 0 Å². The highest BCUT2D eigenvalue weighted by Crippen LogP contribution is 2.30. The summed E-state index contributed by atoms with van der Waals surface area (Å²) in [5.41, 5.74) is 6.41. The topological polar surface area (TPSA) is 81.0 Å². The van der Waals surface area contributed by atoms with Crippen molar-refractivity contribution in [1.82, 2.24) is 19.9 Å². The van der Waals surface area contributed by atoms with Gasteiger partial charge in [-0.05, 0) is 67.6 Å². The molecule has 0 aliphatic carbocycles. The number of hydrogen-bond acceptors (Lipinski definition) is 6. The normalized spacial score (nSPS) is 15.6. The van der Waals surface area contributed by atoms with Crippen molar-refractivity contribution in [2.75, 3.05) is 32.2 Å². The van der Waals surface area contributed by atoms with Crippen LogP contribution in [0.3, 0.4) is 0 Å². The standard InChI is InChI=1S/C29H33N5O3/c1-19-7-9-22(14-20(19)2)24-16-25-28(30-11-13-34(25)32-24)33-12-5-6-23(18-33)29(35)31-17-21-8-10-26(36-3)27(15-21)37-4/h7-11,13-16,23H,5-6,12,17-18H2,1-4H3,(H,31,35). The minimum absolute atomic E-state index is 0.0516. The van der Waals surface area contributed by atoms with Crippen molar-refractivity contribution >= 4 is 17.2 Å². The van der Waals surface area contributed by atoms with E-state index in [0.29, 0.717) is 24.6 Å². The zero-order chi connectivity index (χ0) is 25.9. The van der Waals surface area contributed by atoms with Crippen molar-refractivity contribution in [2.45, 2.75) is 33.2 Å². The van der Waals surface area contributed by atoms with Crippen LogP contribution in [0.2, 0.25) is 0 Å². The van der Waals surface area contributed by atoms with Gasteiger partial charge in [0, 0.05) is 37.6 Å². The first-order valence-electron chi connectivity index (χ1n) is 12.6. The van der Waals surface area contributed by atoms with E-state index in [4.69, 9.17) is 19.6 Å². The number of amides is 1.